The van der Waals surface area contributed by atoms with Crippen molar-refractivity contribution in [3.63, 3.8) is 0 Å². The Labute approximate surface area is 103 Å². The van der Waals surface area contributed by atoms with Gasteiger partial charge in [0.25, 0.3) is 10.0 Å². The molecule has 0 saturated carbocycles. The lowest BCUT2D eigenvalue weighted by Gasteiger charge is -2.09. The number of aromatic nitrogens is 3. The predicted molar refractivity (Wildman–Crippen MR) is 63.4 cm³/mol. The molecule has 0 amide bonds. The van der Waals surface area contributed by atoms with E-state index in [2.05, 4.69) is 19.9 Å². The first-order chi connectivity index (χ1) is 8.00. The van der Waals surface area contributed by atoms with Crippen LogP contribution in [0.4, 0.5) is 5.69 Å². The molecule has 2 N–H and O–H groups in total. The lowest BCUT2D eigenvalue weighted by Crippen LogP contribution is -2.14. The average Bonchev–Trinajstić information content (AvgIpc) is 2.77. The van der Waals surface area contributed by atoms with E-state index in [0.717, 1.165) is 0 Å². The van der Waals surface area contributed by atoms with Crippen LogP contribution in [0, 0.1) is 6.92 Å². The maximum absolute atomic E-state index is 11.9. The summed E-state index contributed by atoms with van der Waals surface area (Å²) in [6.07, 6.45) is 2.86. The molecule has 17 heavy (non-hydrogen) atoms. The van der Waals surface area contributed by atoms with Crippen molar-refractivity contribution in [3.8, 4) is 0 Å². The minimum absolute atomic E-state index is 0.0307. The summed E-state index contributed by atoms with van der Waals surface area (Å²) >= 11 is 5.83. The lowest BCUT2D eigenvalue weighted by molar-refractivity contribution is 0.597. The van der Waals surface area contributed by atoms with Crippen molar-refractivity contribution in [2.75, 3.05) is 4.72 Å². The second kappa shape index (κ2) is 4.34. The fourth-order valence-electron chi connectivity index (χ4n) is 1.23. The number of hydrogen-bond donors (Lipinski definition) is 2. The summed E-state index contributed by atoms with van der Waals surface area (Å²) in [6, 6.07) is 3.01. The second-order valence-corrected chi connectivity index (χ2v) is 5.33. The van der Waals surface area contributed by atoms with Crippen LogP contribution < -0.4 is 4.72 Å². The highest BCUT2D eigenvalue weighted by molar-refractivity contribution is 7.92. The van der Waals surface area contributed by atoms with E-state index in [-0.39, 0.29) is 15.9 Å². The molecule has 2 heterocycles. The maximum Gasteiger partial charge on any atom is 0.278 e. The smallest absolute Gasteiger partial charge is 0.275 e. The van der Waals surface area contributed by atoms with Gasteiger partial charge >= 0.3 is 0 Å². The number of hydrogen-bond acceptors (Lipinski definition) is 4. The van der Waals surface area contributed by atoms with E-state index in [9.17, 15) is 8.42 Å². The molecule has 0 radical (unpaired) electrons. The van der Waals surface area contributed by atoms with Gasteiger partial charge < -0.3 is 0 Å². The fourth-order valence-corrected chi connectivity index (χ4v) is 2.59. The Balaban J connectivity index is 2.40. The predicted octanol–water partition coefficient (Wildman–Crippen LogP) is 1.57. The molecule has 90 valence electrons. The molecule has 0 unspecified atom stereocenters. The van der Waals surface area contributed by atoms with Crippen LogP contribution in [0.15, 0.2) is 29.6 Å². The molecule has 2 rings (SSSR count). The zero-order valence-corrected chi connectivity index (χ0v) is 10.4. The highest BCUT2D eigenvalue weighted by Gasteiger charge is 2.18. The number of anilines is 1. The van der Waals surface area contributed by atoms with Gasteiger partial charge in [-0.15, -0.1) is 0 Å². The molecule has 0 aromatic carbocycles. The molecule has 2 aromatic heterocycles. The van der Waals surface area contributed by atoms with Crippen molar-refractivity contribution in [2.45, 2.75) is 11.9 Å². The third kappa shape index (κ3) is 2.40. The highest BCUT2D eigenvalue weighted by Crippen LogP contribution is 2.25. The molecule has 6 nitrogen and oxygen atoms in total. The molecule has 0 aliphatic rings. The first-order valence-electron chi connectivity index (χ1n) is 4.64. The van der Waals surface area contributed by atoms with Crippen LogP contribution in [0.25, 0.3) is 0 Å². The number of pyridine rings is 1. The quantitative estimate of drug-likeness (QED) is 0.830. The Morgan fingerprint density at radius 2 is 2.12 bits per heavy atom. The van der Waals surface area contributed by atoms with E-state index in [1.165, 1.54) is 18.5 Å². The average molecular weight is 273 g/mol. The van der Waals surface area contributed by atoms with Gasteiger partial charge in [-0.1, -0.05) is 11.6 Å². The van der Waals surface area contributed by atoms with Gasteiger partial charge in [-0.3, -0.25) is 9.82 Å². The monoisotopic (exact) mass is 272 g/mol. The molecule has 0 aliphatic carbocycles. The van der Waals surface area contributed by atoms with Crippen LogP contribution in [0.3, 0.4) is 0 Å². The second-order valence-electron chi connectivity index (χ2n) is 3.32. The number of rotatable bonds is 3. The lowest BCUT2D eigenvalue weighted by atomic mass is 10.3. The summed E-state index contributed by atoms with van der Waals surface area (Å²) in [4.78, 5) is 3.82. The normalized spacial score (nSPS) is 11.4. The maximum atomic E-state index is 11.9. The van der Waals surface area contributed by atoms with Crippen molar-refractivity contribution in [1.82, 2.24) is 15.2 Å². The van der Waals surface area contributed by atoms with Gasteiger partial charge in [0, 0.05) is 6.20 Å². The Hall–Kier alpha value is -1.60. The van der Waals surface area contributed by atoms with Crippen molar-refractivity contribution in [3.05, 3.63) is 35.2 Å². The van der Waals surface area contributed by atoms with Gasteiger partial charge in [0.2, 0.25) is 0 Å². The van der Waals surface area contributed by atoms with Crippen molar-refractivity contribution >= 4 is 27.3 Å². The number of aryl methyl sites for hydroxylation is 1. The number of aromatic amines is 1. The van der Waals surface area contributed by atoms with Crippen molar-refractivity contribution in [2.24, 2.45) is 0 Å². The SMILES string of the molecule is Cc1ccnc(Cl)c1NS(=O)(=O)c1ccn[nH]1. The van der Waals surface area contributed by atoms with E-state index in [1.807, 2.05) is 0 Å². The van der Waals surface area contributed by atoms with Crippen LogP contribution in [0.2, 0.25) is 5.15 Å². The molecule has 0 atom stereocenters. The number of H-pyrrole nitrogens is 1. The van der Waals surface area contributed by atoms with E-state index >= 15 is 0 Å². The fraction of sp³-hybridized carbons (Fsp3) is 0.111. The third-order valence-electron chi connectivity index (χ3n) is 2.11. The standard InChI is InChI=1S/C9H9ClN4O2S/c1-6-2-4-11-9(10)8(6)14-17(15,16)7-3-5-12-13-7/h2-5,14H,1H3,(H,12,13). The minimum Gasteiger partial charge on any atom is -0.275 e. The first kappa shape index (κ1) is 11.9. The third-order valence-corrected chi connectivity index (χ3v) is 3.68. The van der Waals surface area contributed by atoms with Gasteiger partial charge in [-0.05, 0) is 24.6 Å². The molecule has 0 bridgehead atoms. The number of halogens is 1. The van der Waals surface area contributed by atoms with Crippen molar-refractivity contribution < 1.29 is 8.42 Å². The summed E-state index contributed by atoms with van der Waals surface area (Å²) in [6.45, 7) is 1.73. The molecular formula is C9H9ClN4O2S. The molecule has 0 fully saturated rings. The van der Waals surface area contributed by atoms with Gasteiger partial charge in [-0.25, -0.2) is 4.98 Å². The van der Waals surface area contributed by atoms with E-state index in [4.69, 9.17) is 11.6 Å². The summed E-state index contributed by atoms with van der Waals surface area (Å²) < 4.78 is 26.2. The number of nitrogens with one attached hydrogen (secondary N) is 2. The van der Waals surface area contributed by atoms with Gasteiger partial charge in [0.05, 0.1) is 11.9 Å². The Kier molecular flexibility index (Phi) is 3.03. The molecule has 0 aliphatic heterocycles. The molecular weight excluding hydrogens is 264 g/mol. The van der Waals surface area contributed by atoms with Crippen molar-refractivity contribution in [1.29, 1.82) is 0 Å². The molecule has 2 aromatic rings. The zero-order valence-electron chi connectivity index (χ0n) is 8.81. The summed E-state index contributed by atoms with van der Waals surface area (Å²) in [5.41, 5.74) is 0.955. The molecule has 0 spiro atoms. The van der Waals surface area contributed by atoms with Gasteiger partial charge in [-0.2, -0.15) is 13.5 Å². The molecule has 0 saturated heterocycles. The van der Waals surface area contributed by atoms with E-state index < -0.39 is 10.0 Å². The van der Waals surface area contributed by atoms with Crippen LogP contribution in [0.1, 0.15) is 5.56 Å². The topological polar surface area (TPSA) is 87.7 Å². The highest BCUT2D eigenvalue weighted by atomic mass is 35.5. The Bertz CT molecular complexity index is 604. The Morgan fingerprint density at radius 3 is 2.71 bits per heavy atom. The largest absolute Gasteiger partial charge is 0.278 e. The van der Waals surface area contributed by atoms with E-state index in [0.29, 0.717) is 5.56 Å². The van der Waals surface area contributed by atoms with Gasteiger partial charge in [0.15, 0.2) is 10.2 Å². The summed E-state index contributed by atoms with van der Waals surface area (Å²) in [5.74, 6) is 0. The van der Waals surface area contributed by atoms with Gasteiger partial charge in [0.1, 0.15) is 0 Å². The van der Waals surface area contributed by atoms with Crippen LogP contribution >= 0.6 is 11.6 Å². The van der Waals surface area contributed by atoms with Crippen LogP contribution in [-0.2, 0) is 10.0 Å². The molecule has 8 heteroatoms. The van der Waals surface area contributed by atoms with Crippen LogP contribution in [0.5, 0.6) is 0 Å². The summed E-state index contributed by atoms with van der Waals surface area (Å²) in [7, 11) is -3.71. The summed E-state index contributed by atoms with van der Waals surface area (Å²) in [5, 5.41) is 6.03. The number of nitrogens with zero attached hydrogens (tertiary/aromatic N) is 2. The van der Waals surface area contributed by atoms with E-state index in [1.54, 1.807) is 13.0 Å². The number of sulfonamides is 1. The zero-order chi connectivity index (χ0) is 12.5. The minimum atomic E-state index is -3.71. The Morgan fingerprint density at radius 1 is 1.35 bits per heavy atom. The van der Waals surface area contributed by atoms with Crippen LogP contribution in [-0.4, -0.2) is 23.6 Å². The first-order valence-corrected chi connectivity index (χ1v) is 6.50.